The Balaban J connectivity index is 2.71. The van der Waals surface area contributed by atoms with Crippen LogP contribution in [-0.2, 0) is 9.47 Å². The fourth-order valence-electron chi connectivity index (χ4n) is 2.22. The number of hydrogen-bond acceptors (Lipinski definition) is 3. The normalized spacial score (nSPS) is 49.2. The van der Waals surface area contributed by atoms with Crippen molar-refractivity contribution in [1.82, 2.24) is 0 Å². The van der Waals surface area contributed by atoms with Crippen LogP contribution >= 0.6 is 0 Å². The van der Waals surface area contributed by atoms with Crippen LogP contribution in [0.2, 0.25) is 0 Å². The Labute approximate surface area is 74.2 Å². The second-order valence-electron chi connectivity index (χ2n) is 4.02. The lowest BCUT2D eigenvalue weighted by atomic mass is 9.84. The molecule has 1 saturated heterocycles. The van der Waals surface area contributed by atoms with Crippen molar-refractivity contribution in [3.63, 3.8) is 0 Å². The van der Waals surface area contributed by atoms with Crippen LogP contribution in [0.25, 0.3) is 0 Å². The zero-order valence-corrected chi connectivity index (χ0v) is 8.33. The Hall–Kier alpha value is -0.120. The Morgan fingerprint density at radius 3 is 2.50 bits per heavy atom. The van der Waals surface area contributed by atoms with Crippen molar-refractivity contribution in [2.45, 2.75) is 51.0 Å². The molecule has 1 aliphatic rings. The number of nitrogens with two attached hydrogens (primary N) is 1. The largest absolute Gasteiger partial charge is 0.377 e. The fourth-order valence-corrected chi connectivity index (χ4v) is 2.22. The average molecular weight is 173 g/mol. The van der Waals surface area contributed by atoms with E-state index in [9.17, 15) is 0 Å². The minimum Gasteiger partial charge on any atom is -0.377 e. The van der Waals surface area contributed by atoms with Gasteiger partial charge >= 0.3 is 0 Å². The molecule has 0 aromatic rings. The molecule has 0 amide bonds. The quantitative estimate of drug-likeness (QED) is 0.641. The third kappa shape index (κ3) is 1.79. The van der Waals surface area contributed by atoms with E-state index in [1.165, 1.54) is 0 Å². The minimum atomic E-state index is -0.258. The van der Waals surface area contributed by atoms with Gasteiger partial charge in [0.15, 0.2) is 0 Å². The molecule has 72 valence electrons. The fraction of sp³-hybridized carbons (Fsp3) is 1.00. The second-order valence-corrected chi connectivity index (χ2v) is 4.02. The molecule has 3 heteroatoms. The first-order chi connectivity index (χ1) is 5.47. The standard InChI is InChI=1S/C9H19NO2/c1-6-5-9(3,10)8(11-4)7(2)12-6/h6-8H,5,10H2,1-4H3/t6?,7-,8-,9-/m0/s1. The van der Waals surface area contributed by atoms with Crippen LogP contribution in [0.4, 0.5) is 0 Å². The molecule has 0 aliphatic carbocycles. The van der Waals surface area contributed by atoms with E-state index in [0.717, 1.165) is 6.42 Å². The molecule has 0 bridgehead atoms. The van der Waals surface area contributed by atoms with Crippen LogP contribution in [0.3, 0.4) is 0 Å². The van der Waals surface area contributed by atoms with Crippen molar-refractivity contribution in [3.8, 4) is 0 Å². The Morgan fingerprint density at radius 1 is 1.50 bits per heavy atom. The van der Waals surface area contributed by atoms with Crippen molar-refractivity contribution in [2.75, 3.05) is 7.11 Å². The number of rotatable bonds is 1. The Bertz CT molecular complexity index is 159. The van der Waals surface area contributed by atoms with Gasteiger partial charge in [0.1, 0.15) is 6.10 Å². The molecular weight excluding hydrogens is 154 g/mol. The topological polar surface area (TPSA) is 44.5 Å². The van der Waals surface area contributed by atoms with Gasteiger partial charge in [-0.25, -0.2) is 0 Å². The van der Waals surface area contributed by atoms with Gasteiger partial charge in [-0.05, 0) is 27.2 Å². The van der Waals surface area contributed by atoms with Gasteiger partial charge in [-0.1, -0.05) is 0 Å². The first-order valence-corrected chi connectivity index (χ1v) is 4.44. The van der Waals surface area contributed by atoms with E-state index >= 15 is 0 Å². The summed E-state index contributed by atoms with van der Waals surface area (Å²) in [5, 5.41) is 0. The van der Waals surface area contributed by atoms with Crippen molar-refractivity contribution in [2.24, 2.45) is 5.73 Å². The summed E-state index contributed by atoms with van der Waals surface area (Å²) in [4.78, 5) is 0. The molecule has 0 aromatic carbocycles. The molecule has 4 atom stereocenters. The highest BCUT2D eigenvalue weighted by Crippen LogP contribution is 2.28. The molecule has 1 fully saturated rings. The van der Waals surface area contributed by atoms with Gasteiger partial charge < -0.3 is 15.2 Å². The summed E-state index contributed by atoms with van der Waals surface area (Å²) in [7, 11) is 1.69. The van der Waals surface area contributed by atoms with E-state index in [1.807, 2.05) is 20.8 Å². The summed E-state index contributed by atoms with van der Waals surface area (Å²) in [6, 6.07) is 0. The van der Waals surface area contributed by atoms with Crippen LogP contribution < -0.4 is 5.73 Å². The Morgan fingerprint density at radius 2 is 2.08 bits per heavy atom. The molecular formula is C9H19NO2. The van der Waals surface area contributed by atoms with Crippen LogP contribution in [0.1, 0.15) is 27.2 Å². The third-order valence-corrected chi connectivity index (χ3v) is 2.50. The summed E-state index contributed by atoms with van der Waals surface area (Å²) < 4.78 is 10.9. The third-order valence-electron chi connectivity index (χ3n) is 2.50. The van der Waals surface area contributed by atoms with Crippen LogP contribution in [-0.4, -0.2) is 31.0 Å². The zero-order valence-electron chi connectivity index (χ0n) is 8.33. The van der Waals surface area contributed by atoms with E-state index in [4.69, 9.17) is 15.2 Å². The molecule has 0 saturated carbocycles. The molecule has 3 nitrogen and oxygen atoms in total. The number of hydrogen-bond donors (Lipinski definition) is 1. The zero-order chi connectivity index (χ0) is 9.35. The molecule has 1 rings (SSSR count). The van der Waals surface area contributed by atoms with Gasteiger partial charge in [0.05, 0.1) is 12.2 Å². The molecule has 1 unspecified atom stereocenters. The molecule has 1 aliphatic heterocycles. The van der Waals surface area contributed by atoms with E-state index in [1.54, 1.807) is 7.11 Å². The molecule has 12 heavy (non-hydrogen) atoms. The summed E-state index contributed by atoms with van der Waals surface area (Å²) >= 11 is 0. The SMILES string of the molecule is CO[C@H]1[C@H](C)OC(C)C[C@]1(C)N. The lowest BCUT2D eigenvalue weighted by Gasteiger charge is -2.44. The molecule has 0 spiro atoms. The summed E-state index contributed by atoms with van der Waals surface area (Å²) in [5.74, 6) is 0. The van der Waals surface area contributed by atoms with Gasteiger partial charge in [-0.15, -0.1) is 0 Å². The van der Waals surface area contributed by atoms with Crippen molar-refractivity contribution >= 4 is 0 Å². The molecule has 1 heterocycles. The van der Waals surface area contributed by atoms with E-state index < -0.39 is 0 Å². The van der Waals surface area contributed by atoms with Gasteiger partial charge in [0.25, 0.3) is 0 Å². The maximum Gasteiger partial charge on any atom is 0.101 e. The molecule has 2 N–H and O–H groups in total. The first-order valence-electron chi connectivity index (χ1n) is 4.44. The highest BCUT2D eigenvalue weighted by molar-refractivity contribution is 4.96. The highest BCUT2D eigenvalue weighted by atomic mass is 16.5. The van der Waals surface area contributed by atoms with Crippen LogP contribution in [0.5, 0.6) is 0 Å². The number of methoxy groups -OCH3 is 1. The van der Waals surface area contributed by atoms with Crippen molar-refractivity contribution in [1.29, 1.82) is 0 Å². The maximum atomic E-state index is 6.11. The van der Waals surface area contributed by atoms with Gasteiger partial charge in [0.2, 0.25) is 0 Å². The first kappa shape index (κ1) is 9.96. The van der Waals surface area contributed by atoms with Gasteiger partial charge in [0, 0.05) is 12.6 Å². The summed E-state index contributed by atoms with van der Waals surface area (Å²) in [6.45, 7) is 6.08. The smallest absolute Gasteiger partial charge is 0.101 e. The minimum absolute atomic E-state index is 0.00806. The van der Waals surface area contributed by atoms with E-state index in [0.29, 0.717) is 0 Å². The Kier molecular flexibility index (Phi) is 2.76. The maximum absolute atomic E-state index is 6.11. The molecule has 0 aromatic heterocycles. The van der Waals surface area contributed by atoms with Crippen molar-refractivity contribution in [3.05, 3.63) is 0 Å². The van der Waals surface area contributed by atoms with E-state index in [2.05, 4.69) is 0 Å². The van der Waals surface area contributed by atoms with Crippen LogP contribution in [0.15, 0.2) is 0 Å². The number of ether oxygens (including phenoxy) is 2. The van der Waals surface area contributed by atoms with Crippen molar-refractivity contribution < 1.29 is 9.47 Å². The summed E-state index contributed by atoms with van der Waals surface area (Å²) in [5.41, 5.74) is 5.85. The van der Waals surface area contributed by atoms with Gasteiger partial charge in [-0.2, -0.15) is 0 Å². The lowest BCUT2D eigenvalue weighted by molar-refractivity contribution is -0.148. The average Bonchev–Trinajstić information content (AvgIpc) is 1.82. The van der Waals surface area contributed by atoms with Crippen LogP contribution in [0, 0.1) is 0 Å². The predicted molar refractivity (Wildman–Crippen MR) is 48.0 cm³/mol. The highest BCUT2D eigenvalue weighted by Gasteiger charge is 2.41. The lowest BCUT2D eigenvalue weighted by Crippen LogP contribution is -2.60. The summed E-state index contributed by atoms with van der Waals surface area (Å²) in [6.07, 6.45) is 1.19. The molecule has 0 radical (unpaired) electrons. The van der Waals surface area contributed by atoms with E-state index in [-0.39, 0.29) is 23.9 Å². The monoisotopic (exact) mass is 173 g/mol. The van der Waals surface area contributed by atoms with Gasteiger partial charge in [-0.3, -0.25) is 0 Å². The predicted octanol–water partition coefficient (Wildman–Crippen LogP) is 0.916. The second kappa shape index (κ2) is 3.32.